The lowest BCUT2D eigenvalue weighted by Crippen LogP contribution is -2.30. The standard InChI is InChI=1S/C73H138O6/c1-4-7-10-13-16-19-22-25-28-30-32-33-34-35-36-37-38-39-40-41-42-44-45-48-51-54-57-60-63-66-72(75)78-69-70(68-77-71(74)65-62-59-56-53-50-47-27-24-21-18-15-12-9-6-3)79-73(76)67-64-61-58-55-52-49-46-43-31-29-26-23-20-17-14-11-8-5-2/h29-32,70H,4-28,33-69H2,1-3H3/b31-29-,32-30-. The van der Waals surface area contributed by atoms with Gasteiger partial charge in [-0.25, -0.2) is 0 Å². The molecule has 1 atom stereocenters. The zero-order chi connectivity index (χ0) is 57.1. The van der Waals surface area contributed by atoms with Crippen LogP contribution in [0.15, 0.2) is 24.3 Å². The van der Waals surface area contributed by atoms with Gasteiger partial charge in [0.05, 0.1) is 0 Å². The minimum atomic E-state index is -0.770. The van der Waals surface area contributed by atoms with Crippen molar-refractivity contribution in [3.63, 3.8) is 0 Å². The van der Waals surface area contributed by atoms with Gasteiger partial charge in [0.1, 0.15) is 13.2 Å². The summed E-state index contributed by atoms with van der Waals surface area (Å²) in [5.74, 6) is -0.839. The Bertz CT molecular complexity index is 1270. The van der Waals surface area contributed by atoms with Crippen LogP contribution in [0.2, 0.25) is 0 Å². The van der Waals surface area contributed by atoms with Crippen molar-refractivity contribution in [1.29, 1.82) is 0 Å². The molecule has 0 spiro atoms. The molecule has 0 heterocycles. The molecule has 0 amide bonds. The summed E-state index contributed by atoms with van der Waals surface area (Å²) in [4.78, 5) is 38.4. The fourth-order valence-corrected chi connectivity index (χ4v) is 11.0. The Morgan fingerprint density at radius 2 is 0.418 bits per heavy atom. The second kappa shape index (κ2) is 68.4. The van der Waals surface area contributed by atoms with Crippen LogP contribution in [0.5, 0.6) is 0 Å². The maximum absolute atomic E-state index is 12.9. The van der Waals surface area contributed by atoms with Gasteiger partial charge in [-0.2, -0.15) is 0 Å². The van der Waals surface area contributed by atoms with Gasteiger partial charge in [0, 0.05) is 19.3 Å². The summed E-state index contributed by atoms with van der Waals surface area (Å²) in [6, 6.07) is 0. The first-order chi connectivity index (χ1) is 39.0. The lowest BCUT2D eigenvalue weighted by molar-refractivity contribution is -0.167. The van der Waals surface area contributed by atoms with Gasteiger partial charge >= 0.3 is 17.9 Å². The molecule has 1 unspecified atom stereocenters. The Balaban J connectivity index is 4.18. The van der Waals surface area contributed by atoms with Gasteiger partial charge in [-0.1, -0.05) is 340 Å². The van der Waals surface area contributed by atoms with Gasteiger partial charge in [0.2, 0.25) is 0 Å². The Hall–Kier alpha value is -2.11. The lowest BCUT2D eigenvalue weighted by Gasteiger charge is -2.18. The molecule has 0 aliphatic rings. The van der Waals surface area contributed by atoms with Crippen molar-refractivity contribution >= 4 is 17.9 Å². The van der Waals surface area contributed by atoms with Gasteiger partial charge in [-0.15, -0.1) is 0 Å². The third-order valence-corrected chi connectivity index (χ3v) is 16.4. The zero-order valence-electron chi connectivity index (χ0n) is 53.7. The van der Waals surface area contributed by atoms with Crippen LogP contribution in [-0.2, 0) is 28.6 Å². The van der Waals surface area contributed by atoms with Gasteiger partial charge in [-0.05, 0) is 70.6 Å². The number of rotatable bonds is 67. The topological polar surface area (TPSA) is 78.9 Å². The van der Waals surface area contributed by atoms with Gasteiger partial charge in [-0.3, -0.25) is 14.4 Å². The number of carbonyl (C=O) groups excluding carboxylic acids is 3. The van der Waals surface area contributed by atoms with Gasteiger partial charge < -0.3 is 14.2 Å². The van der Waals surface area contributed by atoms with E-state index in [1.54, 1.807) is 0 Å². The lowest BCUT2D eigenvalue weighted by atomic mass is 10.0. The number of unbranched alkanes of at least 4 members (excludes halogenated alkanes) is 52. The van der Waals surface area contributed by atoms with Gasteiger partial charge in [0.15, 0.2) is 6.10 Å². The van der Waals surface area contributed by atoms with E-state index in [1.807, 2.05) is 0 Å². The molecule has 0 aromatic rings. The molecule has 6 heteroatoms. The molecule has 0 aromatic carbocycles. The maximum atomic E-state index is 12.9. The average Bonchev–Trinajstić information content (AvgIpc) is 3.45. The Labute approximate surface area is 493 Å². The molecule has 466 valence electrons. The van der Waals surface area contributed by atoms with E-state index >= 15 is 0 Å². The van der Waals surface area contributed by atoms with E-state index < -0.39 is 6.10 Å². The zero-order valence-corrected chi connectivity index (χ0v) is 53.7. The van der Waals surface area contributed by atoms with Crippen molar-refractivity contribution < 1.29 is 28.6 Å². The van der Waals surface area contributed by atoms with Crippen LogP contribution in [0.1, 0.15) is 406 Å². The third-order valence-electron chi connectivity index (χ3n) is 16.4. The Morgan fingerprint density at radius 3 is 0.633 bits per heavy atom. The first-order valence-electron chi connectivity index (χ1n) is 35.8. The highest BCUT2D eigenvalue weighted by atomic mass is 16.6. The summed E-state index contributed by atoms with van der Waals surface area (Å²) in [7, 11) is 0. The van der Waals surface area contributed by atoms with Crippen molar-refractivity contribution in [2.75, 3.05) is 13.2 Å². The molecule has 0 N–H and O–H groups in total. The normalized spacial score (nSPS) is 12.1. The van der Waals surface area contributed by atoms with E-state index in [4.69, 9.17) is 14.2 Å². The largest absolute Gasteiger partial charge is 0.462 e. The smallest absolute Gasteiger partial charge is 0.306 e. The Kier molecular flexibility index (Phi) is 66.6. The summed E-state index contributed by atoms with van der Waals surface area (Å²) < 4.78 is 17.0. The van der Waals surface area contributed by atoms with Crippen LogP contribution in [0.3, 0.4) is 0 Å². The molecule has 0 fully saturated rings. The summed E-state index contributed by atoms with van der Waals surface area (Å²) in [6.07, 6.45) is 83.6. The van der Waals surface area contributed by atoms with E-state index in [0.29, 0.717) is 19.3 Å². The van der Waals surface area contributed by atoms with Gasteiger partial charge in [0.25, 0.3) is 0 Å². The third kappa shape index (κ3) is 66.6. The summed E-state index contributed by atoms with van der Waals surface area (Å²) >= 11 is 0. The fourth-order valence-electron chi connectivity index (χ4n) is 11.0. The predicted octanol–water partition coefficient (Wildman–Crippen LogP) is 24.6. The molecule has 0 aromatic heterocycles. The van der Waals surface area contributed by atoms with E-state index in [9.17, 15) is 14.4 Å². The molecule has 6 nitrogen and oxygen atoms in total. The van der Waals surface area contributed by atoms with Crippen molar-refractivity contribution in [3.05, 3.63) is 24.3 Å². The molecular weight excluding hydrogens is 973 g/mol. The fraction of sp³-hybridized carbons (Fsp3) is 0.904. The highest BCUT2D eigenvalue weighted by Gasteiger charge is 2.19. The average molecular weight is 1110 g/mol. The number of carbonyl (C=O) groups is 3. The van der Waals surface area contributed by atoms with E-state index in [-0.39, 0.29) is 31.1 Å². The van der Waals surface area contributed by atoms with E-state index in [0.717, 1.165) is 57.8 Å². The number of allylic oxidation sites excluding steroid dienone is 4. The molecule has 0 saturated heterocycles. The summed E-state index contributed by atoms with van der Waals surface area (Å²) in [6.45, 7) is 6.71. The van der Waals surface area contributed by atoms with Crippen LogP contribution in [0.4, 0.5) is 0 Å². The molecule has 0 bridgehead atoms. The summed E-state index contributed by atoms with van der Waals surface area (Å²) in [5, 5.41) is 0. The van der Waals surface area contributed by atoms with Crippen molar-refractivity contribution in [3.8, 4) is 0 Å². The maximum Gasteiger partial charge on any atom is 0.306 e. The quantitative estimate of drug-likeness (QED) is 0.0261. The van der Waals surface area contributed by atoms with Crippen LogP contribution in [0.25, 0.3) is 0 Å². The van der Waals surface area contributed by atoms with Crippen LogP contribution in [0, 0.1) is 0 Å². The first kappa shape index (κ1) is 76.9. The molecule has 0 rings (SSSR count). The van der Waals surface area contributed by atoms with E-state index in [1.165, 1.54) is 308 Å². The van der Waals surface area contributed by atoms with Crippen molar-refractivity contribution in [2.24, 2.45) is 0 Å². The highest BCUT2D eigenvalue weighted by Crippen LogP contribution is 2.19. The molecule has 0 radical (unpaired) electrons. The molecule has 0 aliphatic carbocycles. The molecule has 0 saturated carbocycles. The van der Waals surface area contributed by atoms with Crippen LogP contribution >= 0.6 is 0 Å². The molecular formula is C73H138O6. The predicted molar refractivity (Wildman–Crippen MR) is 344 cm³/mol. The number of esters is 3. The Morgan fingerprint density at radius 1 is 0.241 bits per heavy atom. The molecule has 79 heavy (non-hydrogen) atoms. The second-order valence-corrected chi connectivity index (χ2v) is 24.5. The number of hydrogen-bond acceptors (Lipinski definition) is 6. The monoisotopic (exact) mass is 1110 g/mol. The first-order valence-corrected chi connectivity index (χ1v) is 35.8. The van der Waals surface area contributed by atoms with Crippen LogP contribution < -0.4 is 0 Å². The SMILES string of the molecule is CCCCCCCCC/C=C\CCCCCCCCCC(=O)OC(COC(=O)CCCCCCCCCCCCCCCC)COC(=O)CCCCCCCCCCCCCCCCCCC/C=C\CCCCCCCCCC. The minimum absolute atomic E-state index is 0.0666. The number of hydrogen-bond donors (Lipinski definition) is 0. The minimum Gasteiger partial charge on any atom is -0.462 e. The second-order valence-electron chi connectivity index (χ2n) is 24.5. The van der Waals surface area contributed by atoms with Crippen molar-refractivity contribution in [2.45, 2.75) is 412 Å². The number of ether oxygens (including phenoxy) is 3. The molecule has 0 aliphatic heterocycles. The highest BCUT2D eigenvalue weighted by molar-refractivity contribution is 5.71. The van der Waals surface area contributed by atoms with E-state index in [2.05, 4.69) is 45.1 Å². The van der Waals surface area contributed by atoms with Crippen molar-refractivity contribution in [1.82, 2.24) is 0 Å². The summed E-state index contributed by atoms with van der Waals surface area (Å²) in [5.41, 5.74) is 0. The van der Waals surface area contributed by atoms with Crippen LogP contribution in [-0.4, -0.2) is 37.2 Å².